The molecule has 0 aliphatic heterocycles. The molecule has 0 aliphatic carbocycles. The number of anilines is 1. The van der Waals surface area contributed by atoms with E-state index in [-0.39, 0.29) is 0 Å². The Morgan fingerprint density at radius 3 is 2.87 bits per heavy atom. The Bertz CT molecular complexity index is 472. The Kier molecular flexibility index (Phi) is 2.45. The highest BCUT2D eigenvalue weighted by molar-refractivity contribution is 5.66. The van der Waals surface area contributed by atoms with E-state index in [2.05, 4.69) is 15.0 Å². The molecule has 0 unspecified atom stereocenters. The first-order valence-corrected chi connectivity index (χ1v) is 4.38. The van der Waals surface area contributed by atoms with Gasteiger partial charge in [0.05, 0.1) is 18.4 Å². The van der Waals surface area contributed by atoms with Gasteiger partial charge in [-0.25, -0.2) is 15.0 Å². The fourth-order valence-electron chi connectivity index (χ4n) is 1.27. The third-order valence-corrected chi connectivity index (χ3v) is 1.93. The summed E-state index contributed by atoms with van der Waals surface area (Å²) in [4.78, 5) is 12.0. The van der Waals surface area contributed by atoms with Crippen molar-refractivity contribution in [3.63, 3.8) is 0 Å². The van der Waals surface area contributed by atoms with Crippen LogP contribution in [-0.4, -0.2) is 22.1 Å². The number of ether oxygens (including phenoxy) is 1. The lowest BCUT2D eigenvalue weighted by molar-refractivity contribution is 0.399. The molecular weight excluding hydrogens is 192 g/mol. The van der Waals surface area contributed by atoms with Crippen LogP contribution in [0.1, 0.15) is 0 Å². The molecule has 0 radical (unpaired) electrons. The minimum absolute atomic E-state index is 0.422. The smallest absolute Gasteiger partial charge is 0.222 e. The topological polar surface area (TPSA) is 73.9 Å². The molecule has 0 aromatic carbocycles. The molecule has 0 amide bonds. The summed E-state index contributed by atoms with van der Waals surface area (Å²) in [6.07, 6.45) is 3.07. The maximum absolute atomic E-state index is 5.58. The van der Waals surface area contributed by atoms with Gasteiger partial charge in [-0.2, -0.15) is 0 Å². The number of nitrogen functional groups attached to an aromatic ring is 1. The minimum atomic E-state index is 0.422. The number of hydrogen-bond acceptors (Lipinski definition) is 5. The van der Waals surface area contributed by atoms with E-state index < -0.39 is 0 Å². The summed E-state index contributed by atoms with van der Waals surface area (Å²) in [6, 6.07) is 5.36. The highest BCUT2D eigenvalue weighted by atomic mass is 16.5. The summed E-state index contributed by atoms with van der Waals surface area (Å²) in [5.74, 6) is 0.946. The lowest BCUT2D eigenvalue weighted by Crippen LogP contribution is -1.95. The van der Waals surface area contributed by atoms with Gasteiger partial charge >= 0.3 is 0 Å². The van der Waals surface area contributed by atoms with Crippen LogP contribution >= 0.6 is 0 Å². The van der Waals surface area contributed by atoms with E-state index in [0.29, 0.717) is 17.4 Å². The molecular formula is C10H10N4O. The molecule has 0 fully saturated rings. The third kappa shape index (κ3) is 1.85. The zero-order valence-corrected chi connectivity index (χ0v) is 8.21. The molecule has 76 valence electrons. The summed E-state index contributed by atoms with van der Waals surface area (Å²) < 4.78 is 5.13. The van der Waals surface area contributed by atoms with Crippen LogP contribution in [0.2, 0.25) is 0 Å². The molecule has 0 atom stereocenters. The van der Waals surface area contributed by atoms with Crippen molar-refractivity contribution >= 4 is 5.82 Å². The number of pyridine rings is 1. The van der Waals surface area contributed by atoms with Crippen molar-refractivity contribution in [2.45, 2.75) is 0 Å². The van der Waals surface area contributed by atoms with E-state index in [0.717, 1.165) is 5.56 Å². The SMILES string of the molecule is COc1ncccc1-c1cc(N)ncn1. The van der Waals surface area contributed by atoms with E-state index >= 15 is 0 Å². The average Bonchev–Trinajstić information content (AvgIpc) is 2.29. The van der Waals surface area contributed by atoms with Crippen molar-refractivity contribution < 1.29 is 4.74 Å². The van der Waals surface area contributed by atoms with Crippen LogP contribution in [0, 0.1) is 0 Å². The van der Waals surface area contributed by atoms with Gasteiger partial charge in [0.15, 0.2) is 0 Å². The molecule has 2 N–H and O–H groups in total. The van der Waals surface area contributed by atoms with Gasteiger partial charge in [0, 0.05) is 12.3 Å². The van der Waals surface area contributed by atoms with Crippen LogP contribution in [-0.2, 0) is 0 Å². The van der Waals surface area contributed by atoms with Crippen LogP contribution in [0.3, 0.4) is 0 Å². The normalized spacial score (nSPS) is 9.93. The van der Waals surface area contributed by atoms with Crippen molar-refractivity contribution in [3.05, 3.63) is 30.7 Å². The minimum Gasteiger partial charge on any atom is -0.481 e. The molecule has 5 heteroatoms. The number of aromatic nitrogens is 3. The summed E-state index contributed by atoms with van der Waals surface area (Å²) in [5, 5.41) is 0. The summed E-state index contributed by atoms with van der Waals surface area (Å²) >= 11 is 0. The fourth-order valence-corrected chi connectivity index (χ4v) is 1.27. The van der Waals surface area contributed by atoms with E-state index in [9.17, 15) is 0 Å². The average molecular weight is 202 g/mol. The molecule has 0 bridgehead atoms. The maximum Gasteiger partial charge on any atom is 0.222 e. The Morgan fingerprint density at radius 1 is 1.27 bits per heavy atom. The van der Waals surface area contributed by atoms with Gasteiger partial charge in [0.1, 0.15) is 12.1 Å². The van der Waals surface area contributed by atoms with E-state index in [1.165, 1.54) is 6.33 Å². The van der Waals surface area contributed by atoms with Crippen LogP contribution < -0.4 is 10.5 Å². The monoisotopic (exact) mass is 202 g/mol. The second-order valence-electron chi connectivity index (χ2n) is 2.89. The number of nitrogens with zero attached hydrogens (tertiary/aromatic N) is 3. The van der Waals surface area contributed by atoms with Crippen LogP contribution in [0.5, 0.6) is 5.88 Å². The number of methoxy groups -OCH3 is 1. The quantitative estimate of drug-likeness (QED) is 0.790. The van der Waals surface area contributed by atoms with Crippen molar-refractivity contribution in [1.29, 1.82) is 0 Å². The van der Waals surface area contributed by atoms with Gasteiger partial charge in [-0.05, 0) is 12.1 Å². The van der Waals surface area contributed by atoms with Gasteiger partial charge in [0.2, 0.25) is 5.88 Å². The Balaban J connectivity index is 2.53. The number of hydrogen-bond donors (Lipinski definition) is 1. The van der Waals surface area contributed by atoms with Crippen molar-refractivity contribution in [2.24, 2.45) is 0 Å². The highest BCUT2D eigenvalue weighted by Crippen LogP contribution is 2.25. The van der Waals surface area contributed by atoms with Gasteiger partial charge in [0.25, 0.3) is 0 Å². The molecule has 15 heavy (non-hydrogen) atoms. The molecule has 0 aliphatic rings. The van der Waals surface area contributed by atoms with Crippen molar-refractivity contribution in [1.82, 2.24) is 15.0 Å². The molecule has 0 saturated heterocycles. The van der Waals surface area contributed by atoms with Crippen LogP contribution in [0.4, 0.5) is 5.82 Å². The van der Waals surface area contributed by atoms with Crippen LogP contribution in [0.25, 0.3) is 11.3 Å². The van der Waals surface area contributed by atoms with Gasteiger partial charge < -0.3 is 10.5 Å². The van der Waals surface area contributed by atoms with Gasteiger partial charge in [-0.3, -0.25) is 0 Å². The molecule has 0 spiro atoms. The first-order valence-electron chi connectivity index (χ1n) is 4.38. The molecule has 2 heterocycles. The summed E-state index contributed by atoms with van der Waals surface area (Å²) in [5.41, 5.74) is 7.08. The third-order valence-electron chi connectivity index (χ3n) is 1.93. The number of rotatable bonds is 2. The largest absolute Gasteiger partial charge is 0.481 e. The Morgan fingerprint density at radius 2 is 2.13 bits per heavy atom. The zero-order chi connectivity index (χ0) is 10.7. The Hall–Kier alpha value is -2.17. The molecule has 2 aromatic rings. The first kappa shape index (κ1) is 9.39. The number of nitrogens with two attached hydrogens (primary N) is 1. The standard InChI is InChI=1S/C10H10N4O/c1-15-10-7(3-2-4-12-10)8-5-9(11)14-6-13-8/h2-6H,1H3,(H2,11,13,14). The highest BCUT2D eigenvalue weighted by Gasteiger charge is 2.07. The predicted octanol–water partition coefficient (Wildman–Crippen LogP) is 1.13. The predicted molar refractivity (Wildman–Crippen MR) is 56.2 cm³/mol. The van der Waals surface area contributed by atoms with E-state index in [4.69, 9.17) is 10.5 Å². The van der Waals surface area contributed by atoms with E-state index in [1.54, 1.807) is 19.4 Å². The summed E-state index contributed by atoms with van der Waals surface area (Å²) in [7, 11) is 1.57. The van der Waals surface area contributed by atoms with Gasteiger partial charge in [-0.1, -0.05) is 0 Å². The zero-order valence-electron chi connectivity index (χ0n) is 8.21. The summed E-state index contributed by atoms with van der Waals surface area (Å²) in [6.45, 7) is 0. The molecule has 2 aromatic heterocycles. The van der Waals surface area contributed by atoms with Crippen molar-refractivity contribution in [3.8, 4) is 17.1 Å². The molecule has 0 saturated carbocycles. The lowest BCUT2D eigenvalue weighted by atomic mass is 10.2. The van der Waals surface area contributed by atoms with E-state index in [1.807, 2.05) is 12.1 Å². The van der Waals surface area contributed by atoms with Crippen LogP contribution in [0.15, 0.2) is 30.7 Å². The molecule has 5 nitrogen and oxygen atoms in total. The second-order valence-corrected chi connectivity index (χ2v) is 2.89. The van der Waals surface area contributed by atoms with Gasteiger partial charge in [-0.15, -0.1) is 0 Å². The Labute approximate surface area is 87.0 Å². The second kappa shape index (κ2) is 3.91. The maximum atomic E-state index is 5.58. The van der Waals surface area contributed by atoms with Crippen molar-refractivity contribution in [2.75, 3.05) is 12.8 Å². The molecule has 2 rings (SSSR count). The lowest BCUT2D eigenvalue weighted by Gasteiger charge is -2.05. The first-order chi connectivity index (χ1) is 7.31. The fraction of sp³-hybridized carbons (Fsp3) is 0.100.